The van der Waals surface area contributed by atoms with Gasteiger partial charge < -0.3 is 9.64 Å². The van der Waals surface area contributed by atoms with Crippen molar-refractivity contribution in [1.82, 2.24) is 9.80 Å². The van der Waals surface area contributed by atoms with Crippen LogP contribution in [0.4, 0.5) is 0 Å². The van der Waals surface area contributed by atoms with Gasteiger partial charge in [0.15, 0.2) is 0 Å². The van der Waals surface area contributed by atoms with Crippen molar-refractivity contribution in [3.05, 3.63) is 33.8 Å². The maximum absolute atomic E-state index is 12.3. The van der Waals surface area contributed by atoms with E-state index in [9.17, 15) is 4.79 Å². The number of amides is 1. The predicted molar refractivity (Wildman–Crippen MR) is 87.3 cm³/mol. The summed E-state index contributed by atoms with van der Waals surface area (Å²) in [6, 6.07) is 5.74. The molecule has 6 heteroatoms. The van der Waals surface area contributed by atoms with Gasteiger partial charge in [-0.1, -0.05) is 29.3 Å². The zero-order chi connectivity index (χ0) is 15.5. The Morgan fingerprint density at radius 3 is 2.59 bits per heavy atom. The van der Waals surface area contributed by atoms with Gasteiger partial charge in [0, 0.05) is 39.3 Å². The molecule has 2 aliphatic heterocycles. The maximum Gasteiger partial charge on any atom is 0.251 e. The molecule has 1 aromatic carbocycles. The highest BCUT2D eigenvalue weighted by Crippen LogP contribution is 2.23. The molecule has 1 aromatic rings. The summed E-state index contributed by atoms with van der Waals surface area (Å²) in [5.74, 6) is 0.159. The largest absolute Gasteiger partial charge is 0.368 e. The molecule has 0 spiro atoms. The Morgan fingerprint density at radius 1 is 1.18 bits per heavy atom. The summed E-state index contributed by atoms with van der Waals surface area (Å²) < 4.78 is 5.48. The van der Waals surface area contributed by atoms with Gasteiger partial charge in [-0.15, -0.1) is 0 Å². The zero-order valence-corrected chi connectivity index (χ0v) is 13.9. The lowest BCUT2D eigenvalue weighted by molar-refractivity contribution is -0.142. The Kier molecular flexibility index (Phi) is 5.24. The van der Waals surface area contributed by atoms with E-state index in [4.69, 9.17) is 27.9 Å². The highest BCUT2D eigenvalue weighted by molar-refractivity contribution is 6.42. The minimum absolute atomic E-state index is 0.159. The van der Waals surface area contributed by atoms with Crippen LogP contribution in [0.15, 0.2) is 18.2 Å². The molecule has 0 N–H and O–H groups in total. The molecule has 0 radical (unpaired) electrons. The summed E-state index contributed by atoms with van der Waals surface area (Å²) in [4.78, 5) is 16.6. The van der Waals surface area contributed by atoms with Gasteiger partial charge in [-0.25, -0.2) is 0 Å². The second kappa shape index (κ2) is 7.18. The molecule has 1 atom stereocenters. The average Bonchev–Trinajstić information content (AvgIpc) is 3.05. The van der Waals surface area contributed by atoms with Crippen molar-refractivity contribution in [2.45, 2.75) is 25.5 Å². The lowest BCUT2D eigenvalue weighted by Gasteiger charge is -2.35. The van der Waals surface area contributed by atoms with E-state index in [2.05, 4.69) is 4.90 Å². The average molecular weight is 343 g/mol. The quantitative estimate of drug-likeness (QED) is 0.846. The standard InChI is InChI=1S/C16H20Cl2N2O2/c17-13-4-3-12(10-14(13)18)11-19-5-7-20(8-6-19)16(21)15-2-1-9-22-15/h3-4,10,15H,1-2,5-9,11H2/t15-/m0/s1. The van der Waals surface area contributed by atoms with Crippen LogP contribution in [-0.2, 0) is 16.1 Å². The molecule has 0 aromatic heterocycles. The fraction of sp³-hybridized carbons (Fsp3) is 0.562. The van der Waals surface area contributed by atoms with Crippen LogP contribution in [0.5, 0.6) is 0 Å². The number of nitrogens with zero attached hydrogens (tertiary/aromatic N) is 2. The zero-order valence-electron chi connectivity index (χ0n) is 12.4. The van der Waals surface area contributed by atoms with Gasteiger partial charge in [-0.05, 0) is 30.5 Å². The van der Waals surface area contributed by atoms with E-state index in [1.54, 1.807) is 0 Å². The smallest absolute Gasteiger partial charge is 0.251 e. The molecule has 120 valence electrons. The van der Waals surface area contributed by atoms with Crippen molar-refractivity contribution in [2.24, 2.45) is 0 Å². The van der Waals surface area contributed by atoms with Gasteiger partial charge in [-0.2, -0.15) is 0 Å². The first-order chi connectivity index (χ1) is 10.6. The lowest BCUT2D eigenvalue weighted by atomic mass is 10.1. The molecule has 2 fully saturated rings. The van der Waals surface area contributed by atoms with E-state index in [1.165, 1.54) is 0 Å². The molecule has 2 heterocycles. The molecule has 0 bridgehead atoms. The SMILES string of the molecule is O=C([C@@H]1CCCO1)N1CCN(Cc2ccc(Cl)c(Cl)c2)CC1. The second-order valence-electron chi connectivity index (χ2n) is 5.85. The molecule has 0 aliphatic carbocycles. The van der Waals surface area contributed by atoms with E-state index >= 15 is 0 Å². The van der Waals surface area contributed by atoms with Crippen molar-refractivity contribution < 1.29 is 9.53 Å². The Balaban J connectivity index is 1.51. The van der Waals surface area contributed by atoms with E-state index in [-0.39, 0.29) is 12.0 Å². The van der Waals surface area contributed by atoms with E-state index in [0.717, 1.165) is 51.1 Å². The maximum atomic E-state index is 12.3. The summed E-state index contributed by atoms with van der Waals surface area (Å²) in [6.45, 7) is 4.82. The predicted octanol–water partition coefficient (Wildman–Crippen LogP) is 2.82. The number of carbonyl (C=O) groups excluding carboxylic acids is 1. The van der Waals surface area contributed by atoms with Crippen LogP contribution in [0.1, 0.15) is 18.4 Å². The van der Waals surface area contributed by atoms with Crippen LogP contribution >= 0.6 is 23.2 Å². The number of benzene rings is 1. The molecule has 22 heavy (non-hydrogen) atoms. The summed E-state index contributed by atoms with van der Waals surface area (Å²) in [6.07, 6.45) is 1.65. The van der Waals surface area contributed by atoms with E-state index in [0.29, 0.717) is 16.7 Å². The van der Waals surface area contributed by atoms with Gasteiger partial charge in [-0.3, -0.25) is 9.69 Å². The molecule has 1 amide bonds. The number of carbonyl (C=O) groups is 1. The Morgan fingerprint density at radius 2 is 1.95 bits per heavy atom. The van der Waals surface area contributed by atoms with Gasteiger partial charge in [0.25, 0.3) is 5.91 Å². The van der Waals surface area contributed by atoms with Crippen molar-refractivity contribution in [3.8, 4) is 0 Å². The number of piperazine rings is 1. The third kappa shape index (κ3) is 3.74. The van der Waals surface area contributed by atoms with Crippen LogP contribution in [0, 0.1) is 0 Å². The normalized spacial score (nSPS) is 23.0. The highest BCUT2D eigenvalue weighted by atomic mass is 35.5. The topological polar surface area (TPSA) is 32.8 Å². The molecule has 2 saturated heterocycles. The van der Waals surface area contributed by atoms with Crippen molar-refractivity contribution >= 4 is 29.1 Å². The number of halogens is 2. The van der Waals surface area contributed by atoms with Crippen molar-refractivity contribution in [1.29, 1.82) is 0 Å². The third-order valence-electron chi connectivity index (χ3n) is 4.28. The second-order valence-corrected chi connectivity index (χ2v) is 6.67. The summed E-state index contributed by atoms with van der Waals surface area (Å²) >= 11 is 12.0. The van der Waals surface area contributed by atoms with Crippen LogP contribution in [0.3, 0.4) is 0 Å². The van der Waals surface area contributed by atoms with Gasteiger partial charge in [0.1, 0.15) is 6.10 Å². The minimum atomic E-state index is -0.207. The molecule has 2 aliphatic rings. The molecule has 3 rings (SSSR count). The molecular formula is C16H20Cl2N2O2. The number of rotatable bonds is 3. The Bertz CT molecular complexity index is 539. The third-order valence-corrected chi connectivity index (χ3v) is 5.02. The van der Waals surface area contributed by atoms with Crippen molar-refractivity contribution in [2.75, 3.05) is 32.8 Å². The number of hydrogen-bond donors (Lipinski definition) is 0. The first-order valence-corrected chi connectivity index (χ1v) is 8.46. The first-order valence-electron chi connectivity index (χ1n) is 7.70. The van der Waals surface area contributed by atoms with Crippen molar-refractivity contribution in [3.63, 3.8) is 0 Å². The number of hydrogen-bond acceptors (Lipinski definition) is 3. The molecule has 0 unspecified atom stereocenters. The molecular weight excluding hydrogens is 323 g/mol. The molecule has 4 nitrogen and oxygen atoms in total. The van der Waals surface area contributed by atoms with E-state index < -0.39 is 0 Å². The Hall–Kier alpha value is -0.810. The fourth-order valence-electron chi connectivity index (χ4n) is 3.00. The molecule has 0 saturated carbocycles. The van der Waals surface area contributed by atoms with Gasteiger partial charge >= 0.3 is 0 Å². The van der Waals surface area contributed by atoms with Crippen LogP contribution < -0.4 is 0 Å². The minimum Gasteiger partial charge on any atom is -0.368 e. The van der Waals surface area contributed by atoms with Crippen LogP contribution in [0.2, 0.25) is 10.0 Å². The lowest BCUT2D eigenvalue weighted by Crippen LogP contribution is -2.51. The highest BCUT2D eigenvalue weighted by Gasteiger charge is 2.30. The first kappa shape index (κ1) is 16.1. The van der Waals surface area contributed by atoms with E-state index in [1.807, 2.05) is 23.1 Å². The van der Waals surface area contributed by atoms with Gasteiger partial charge in [0.2, 0.25) is 0 Å². The van der Waals surface area contributed by atoms with Crippen LogP contribution in [-0.4, -0.2) is 54.6 Å². The number of ether oxygens (including phenoxy) is 1. The summed E-state index contributed by atoms with van der Waals surface area (Å²) in [7, 11) is 0. The van der Waals surface area contributed by atoms with Gasteiger partial charge in [0.05, 0.1) is 10.0 Å². The summed E-state index contributed by atoms with van der Waals surface area (Å²) in [5.41, 5.74) is 1.15. The summed E-state index contributed by atoms with van der Waals surface area (Å²) in [5, 5.41) is 1.17. The monoisotopic (exact) mass is 342 g/mol. The fourth-order valence-corrected chi connectivity index (χ4v) is 3.32. The van der Waals surface area contributed by atoms with Crippen LogP contribution in [0.25, 0.3) is 0 Å². The Labute approximate surface area is 140 Å².